The summed E-state index contributed by atoms with van der Waals surface area (Å²) < 4.78 is 0. The van der Waals surface area contributed by atoms with Crippen molar-refractivity contribution < 1.29 is 14.7 Å². The van der Waals surface area contributed by atoms with Gasteiger partial charge >= 0.3 is 5.97 Å². The average molecular weight is 288 g/mol. The summed E-state index contributed by atoms with van der Waals surface area (Å²) >= 11 is 1.23. The molecular formula is C14H12N2O3S. The van der Waals surface area contributed by atoms with Crippen molar-refractivity contribution in [2.24, 2.45) is 0 Å². The lowest BCUT2D eigenvalue weighted by Gasteiger charge is -2.05. The third-order valence-electron chi connectivity index (χ3n) is 2.51. The highest BCUT2D eigenvalue weighted by atomic mass is 32.1. The largest absolute Gasteiger partial charge is 0.478 e. The number of thiophene rings is 1. The topological polar surface area (TPSA) is 79.3 Å². The Morgan fingerprint density at radius 2 is 2.15 bits per heavy atom. The third kappa shape index (κ3) is 3.52. The van der Waals surface area contributed by atoms with E-state index in [1.54, 1.807) is 30.6 Å². The molecule has 2 aromatic rings. The summed E-state index contributed by atoms with van der Waals surface area (Å²) in [6.07, 6.45) is 5.78. The van der Waals surface area contributed by atoms with E-state index in [1.165, 1.54) is 17.4 Å². The molecule has 0 radical (unpaired) electrons. The number of rotatable bonds is 4. The SMILES string of the molecule is Cc1cnccc1NC(=O)c1ccc(C=CC(=O)O)s1. The van der Waals surface area contributed by atoms with Gasteiger partial charge in [-0.25, -0.2) is 4.79 Å². The van der Waals surface area contributed by atoms with E-state index in [-0.39, 0.29) is 5.91 Å². The van der Waals surface area contributed by atoms with E-state index in [1.807, 2.05) is 6.92 Å². The number of aromatic nitrogens is 1. The number of hydrogen-bond acceptors (Lipinski definition) is 4. The van der Waals surface area contributed by atoms with Gasteiger partial charge in [0.2, 0.25) is 0 Å². The van der Waals surface area contributed by atoms with E-state index >= 15 is 0 Å². The first kappa shape index (κ1) is 14.0. The van der Waals surface area contributed by atoms with Gasteiger partial charge in [-0.15, -0.1) is 11.3 Å². The van der Waals surface area contributed by atoms with Gasteiger partial charge in [0.25, 0.3) is 5.91 Å². The summed E-state index contributed by atoms with van der Waals surface area (Å²) in [6, 6.07) is 5.10. The highest BCUT2D eigenvalue weighted by Crippen LogP contribution is 2.20. The number of carboxylic acids is 1. The van der Waals surface area contributed by atoms with Crippen LogP contribution in [0.25, 0.3) is 6.08 Å². The molecule has 2 aromatic heterocycles. The van der Waals surface area contributed by atoms with Gasteiger partial charge in [-0.3, -0.25) is 9.78 Å². The molecule has 1 amide bonds. The van der Waals surface area contributed by atoms with E-state index in [9.17, 15) is 9.59 Å². The molecular weight excluding hydrogens is 276 g/mol. The molecule has 0 aliphatic heterocycles. The zero-order valence-corrected chi connectivity index (χ0v) is 11.5. The van der Waals surface area contributed by atoms with Crippen LogP contribution in [0.5, 0.6) is 0 Å². The number of carbonyl (C=O) groups excluding carboxylic acids is 1. The molecule has 102 valence electrons. The Labute approximate surface area is 119 Å². The quantitative estimate of drug-likeness (QED) is 0.848. The first-order valence-corrected chi connectivity index (χ1v) is 6.61. The van der Waals surface area contributed by atoms with Crippen molar-refractivity contribution in [1.82, 2.24) is 4.98 Å². The maximum absolute atomic E-state index is 12.1. The summed E-state index contributed by atoms with van der Waals surface area (Å²) in [5.41, 5.74) is 1.59. The fraction of sp³-hybridized carbons (Fsp3) is 0.0714. The molecule has 0 aliphatic carbocycles. The van der Waals surface area contributed by atoms with Crippen molar-refractivity contribution in [3.05, 3.63) is 52.0 Å². The first-order valence-electron chi connectivity index (χ1n) is 5.79. The zero-order chi connectivity index (χ0) is 14.5. The predicted molar refractivity (Wildman–Crippen MR) is 77.9 cm³/mol. The van der Waals surface area contributed by atoms with Crippen LogP contribution in [0.1, 0.15) is 20.1 Å². The van der Waals surface area contributed by atoms with E-state index in [0.29, 0.717) is 15.4 Å². The van der Waals surface area contributed by atoms with Crippen molar-refractivity contribution in [2.75, 3.05) is 5.32 Å². The number of pyridine rings is 1. The molecule has 0 saturated carbocycles. The van der Waals surface area contributed by atoms with E-state index < -0.39 is 5.97 Å². The number of anilines is 1. The van der Waals surface area contributed by atoms with Crippen molar-refractivity contribution in [1.29, 1.82) is 0 Å². The Morgan fingerprint density at radius 1 is 1.35 bits per heavy atom. The molecule has 0 unspecified atom stereocenters. The van der Waals surface area contributed by atoms with E-state index in [0.717, 1.165) is 11.6 Å². The standard InChI is InChI=1S/C14H12N2O3S/c1-9-8-15-7-6-11(9)16-14(19)12-4-2-10(20-12)3-5-13(17)18/h2-8H,1H3,(H,17,18)(H,15,16,19). The number of aryl methyl sites for hydroxylation is 1. The summed E-state index contributed by atoms with van der Waals surface area (Å²) in [4.78, 5) is 27.7. The summed E-state index contributed by atoms with van der Waals surface area (Å²) in [5, 5.41) is 11.3. The van der Waals surface area contributed by atoms with Crippen LogP contribution in [0.3, 0.4) is 0 Å². The number of hydrogen-bond donors (Lipinski definition) is 2. The highest BCUT2D eigenvalue weighted by Gasteiger charge is 2.10. The zero-order valence-electron chi connectivity index (χ0n) is 10.7. The minimum Gasteiger partial charge on any atom is -0.478 e. The molecule has 2 heterocycles. The fourth-order valence-electron chi connectivity index (χ4n) is 1.52. The van der Waals surface area contributed by atoms with Crippen LogP contribution in [-0.2, 0) is 4.79 Å². The Bertz CT molecular complexity index is 677. The second-order valence-corrected chi connectivity index (χ2v) is 5.13. The Balaban J connectivity index is 2.10. The molecule has 2 N–H and O–H groups in total. The number of aliphatic carboxylic acids is 1. The highest BCUT2D eigenvalue weighted by molar-refractivity contribution is 7.15. The second kappa shape index (κ2) is 6.12. The molecule has 20 heavy (non-hydrogen) atoms. The van der Waals surface area contributed by atoms with Crippen molar-refractivity contribution in [3.8, 4) is 0 Å². The van der Waals surface area contributed by atoms with Crippen LogP contribution in [0.15, 0.2) is 36.7 Å². The first-order chi connectivity index (χ1) is 9.56. The van der Waals surface area contributed by atoms with Gasteiger partial charge < -0.3 is 10.4 Å². The lowest BCUT2D eigenvalue weighted by atomic mass is 10.2. The van der Waals surface area contributed by atoms with Crippen molar-refractivity contribution >= 4 is 35.0 Å². The third-order valence-corrected chi connectivity index (χ3v) is 3.56. The maximum atomic E-state index is 12.1. The summed E-state index contributed by atoms with van der Waals surface area (Å²) in [6.45, 7) is 1.86. The average Bonchev–Trinajstić information content (AvgIpc) is 2.88. The van der Waals surface area contributed by atoms with Crippen LogP contribution in [-0.4, -0.2) is 22.0 Å². The molecule has 0 saturated heterocycles. The van der Waals surface area contributed by atoms with Gasteiger partial charge in [0.05, 0.1) is 4.88 Å². The Hall–Kier alpha value is -2.47. The smallest absolute Gasteiger partial charge is 0.328 e. The van der Waals surface area contributed by atoms with Crippen LogP contribution < -0.4 is 5.32 Å². The molecule has 6 heteroatoms. The molecule has 5 nitrogen and oxygen atoms in total. The number of nitrogens with zero attached hydrogens (tertiary/aromatic N) is 1. The van der Waals surface area contributed by atoms with E-state index in [4.69, 9.17) is 5.11 Å². The maximum Gasteiger partial charge on any atom is 0.328 e. The van der Waals surface area contributed by atoms with E-state index in [2.05, 4.69) is 10.3 Å². The summed E-state index contributed by atoms with van der Waals surface area (Å²) in [5.74, 6) is -1.24. The lowest BCUT2D eigenvalue weighted by molar-refractivity contribution is -0.131. The number of amides is 1. The van der Waals surface area contributed by atoms with Crippen LogP contribution in [0, 0.1) is 6.92 Å². The van der Waals surface area contributed by atoms with Gasteiger partial charge in [-0.05, 0) is 36.8 Å². The number of carbonyl (C=O) groups is 2. The Kier molecular flexibility index (Phi) is 4.27. The van der Waals surface area contributed by atoms with Gasteiger partial charge in [-0.2, -0.15) is 0 Å². The van der Waals surface area contributed by atoms with Crippen LogP contribution in [0.4, 0.5) is 5.69 Å². The summed E-state index contributed by atoms with van der Waals surface area (Å²) in [7, 11) is 0. The van der Waals surface area contributed by atoms with Crippen LogP contribution in [0.2, 0.25) is 0 Å². The predicted octanol–water partition coefficient (Wildman–Crippen LogP) is 2.80. The normalized spacial score (nSPS) is 10.7. The minimum absolute atomic E-state index is 0.223. The Morgan fingerprint density at radius 3 is 2.85 bits per heavy atom. The lowest BCUT2D eigenvalue weighted by Crippen LogP contribution is -2.11. The number of carboxylic acid groups (broad SMARTS) is 1. The minimum atomic E-state index is -1.02. The van der Waals surface area contributed by atoms with Gasteiger partial charge in [-0.1, -0.05) is 0 Å². The molecule has 0 aliphatic rings. The van der Waals surface area contributed by atoms with Crippen molar-refractivity contribution in [2.45, 2.75) is 6.92 Å². The second-order valence-electron chi connectivity index (χ2n) is 4.02. The molecule has 0 fully saturated rings. The molecule has 0 atom stereocenters. The van der Waals surface area contributed by atoms with Gasteiger partial charge in [0.1, 0.15) is 0 Å². The monoisotopic (exact) mass is 288 g/mol. The van der Waals surface area contributed by atoms with Crippen LogP contribution >= 0.6 is 11.3 Å². The fourth-order valence-corrected chi connectivity index (χ4v) is 2.32. The molecule has 0 spiro atoms. The number of nitrogens with one attached hydrogen (secondary N) is 1. The molecule has 0 aromatic carbocycles. The van der Waals surface area contributed by atoms with Gasteiger partial charge in [0, 0.05) is 29.0 Å². The van der Waals surface area contributed by atoms with Crippen molar-refractivity contribution in [3.63, 3.8) is 0 Å². The van der Waals surface area contributed by atoms with Gasteiger partial charge in [0.15, 0.2) is 0 Å². The molecule has 0 bridgehead atoms. The molecule has 2 rings (SSSR count).